The largest absolute Gasteiger partial charge is 0.383 e. The van der Waals surface area contributed by atoms with Crippen molar-refractivity contribution in [3.05, 3.63) is 0 Å². The van der Waals surface area contributed by atoms with Crippen LogP contribution >= 0.6 is 0 Å². The maximum atomic E-state index is 5.29. The Morgan fingerprint density at radius 3 is 2.25 bits per heavy atom. The SMILES string of the molecule is COCC(N[C@H](C)C1CCCCC1)C(C)C. The van der Waals surface area contributed by atoms with Crippen molar-refractivity contribution in [2.75, 3.05) is 13.7 Å². The molecule has 96 valence electrons. The molecule has 1 aliphatic rings. The normalized spacial score (nSPS) is 22.3. The Balaban J connectivity index is 2.36. The monoisotopic (exact) mass is 227 g/mol. The molecule has 1 saturated carbocycles. The average molecular weight is 227 g/mol. The lowest BCUT2D eigenvalue weighted by atomic mass is 9.84. The molecule has 1 rings (SSSR count). The molecule has 0 aromatic heterocycles. The van der Waals surface area contributed by atoms with E-state index in [0.29, 0.717) is 18.0 Å². The number of ether oxygens (including phenoxy) is 1. The highest BCUT2D eigenvalue weighted by Gasteiger charge is 2.23. The van der Waals surface area contributed by atoms with E-state index in [4.69, 9.17) is 4.74 Å². The maximum Gasteiger partial charge on any atom is 0.0618 e. The predicted octanol–water partition coefficient (Wildman–Crippen LogP) is 3.22. The summed E-state index contributed by atoms with van der Waals surface area (Å²) in [5.74, 6) is 1.53. The zero-order chi connectivity index (χ0) is 12.0. The van der Waals surface area contributed by atoms with Crippen molar-refractivity contribution in [2.24, 2.45) is 11.8 Å². The zero-order valence-electron chi connectivity index (χ0n) is 11.5. The second-order valence-corrected chi connectivity index (χ2v) is 5.66. The number of methoxy groups -OCH3 is 1. The van der Waals surface area contributed by atoms with Crippen molar-refractivity contribution >= 4 is 0 Å². The van der Waals surface area contributed by atoms with E-state index in [0.717, 1.165) is 12.5 Å². The van der Waals surface area contributed by atoms with E-state index in [1.807, 2.05) is 0 Å². The van der Waals surface area contributed by atoms with Crippen molar-refractivity contribution in [3.63, 3.8) is 0 Å². The van der Waals surface area contributed by atoms with Crippen LogP contribution in [0.5, 0.6) is 0 Å². The first-order chi connectivity index (χ1) is 7.65. The van der Waals surface area contributed by atoms with Gasteiger partial charge in [0.2, 0.25) is 0 Å². The lowest BCUT2D eigenvalue weighted by molar-refractivity contribution is 0.130. The molecule has 0 heterocycles. The van der Waals surface area contributed by atoms with Crippen LogP contribution in [0, 0.1) is 11.8 Å². The fourth-order valence-corrected chi connectivity index (χ4v) is 2.72. The molecule has 1 aliphatic carbocycles. The molecule has 2 atom stereocenters. The molecule has 0 aromatic carbocycles. The minimum atomic E-state index is 0.502. The van der Waals surface area contributed by atoms with E-state index < -0.39 is 0 Å². The third-order valence-corrected chi connectivity index (χ3v) is 3.98. The minimum Gasteiger partial charge on any atom is -0.383 e. The molecule has 2 nitrogen and oxygen atoms in total. The van der Waals surface area contributed by atoms with E-state index >= 15 is 0 Å². The molecule has 0 aliphatic heterocycles. The predicted molar refractivity (Wildman–Crippen MR) is 69.7 cm³/mol. The van der Waals surface area contributed by atoms with Crippen molar-refractivity contribution in [3.8, 4) is 0 Å². The maximum absolute atomic E-state index is 5.29. The highest BCUT2D eigenvalue weighted by molar-refractivity contribution is 4.80. The van der Waals surface area contributed by atoms with Gasteiger partial charge in [-0.25, -0.2) is 0 Å². The third kappa shape index (κ3) is 4.42. The zero-order valence-corrected chi connectivity index (χ0v) is 11.5. The van der Waals surface area contributed by atoms with E-state index in [1.54, 1.807) is 7.11 Å². The van der Waals surface area contributed by atoms with Crippen LogP contribution in [0.25, 0.3) is 0 Å². The molecule has 1 unspecified atom stereocenters. The molecular formula is C14H29NO. The fourth-order valence-electron chi connectivity index (χ4n) is 2.72. The Morgan fingerprint density at radius 2 is 1.75 bits per heavy atom. The number of hydrogen-bond donors (Lipinski definition) is 1. The molecule has 0 amide bonds. The molecule has 0 bridgehead atoms. The summed E-state index contributed by atoms with van der Waals surface area (Å²) in [5, 5.41) is 3.76. The summed E-state index contributed by atoms with van der Waals surface area (Å²) in [6, 6.07) is 1.14. The van der Waals surface area contributed by atoms with Crippen LogP contribution in [0.15, 0.2) is 0 Å². The van der Waals surface area contributed by atoms with Gasteiger partial charge in [-0.05, 0) is 31.6 Å². The summed E-state index contributed by atoms with van der Waals surface area (Å²) in [7, 11) is 1.79. The van der Waals surface area contributed by atoms with Crippen LogP contribution in [-0.2, 0) is 4.74 Å². The van der Waals surface area contributed by atoms with Gasteiger partial charge in [0.25, 0.3) is 0 Å². The molecule has 0 saturated heterocycles. The highest BCUT2D eigenvalue weighted by atomic mass is 16.5. The number of nitrogens with one attached hydrogen (secondary N) is 1. The van der Waals surface area contributed by atoms with Crippen molar-refractivity contribution in [2.45, 2.75) is 65.0 Å². The van der Waals surface area contributed by atoms with E-state index in [2.05, 4.69) is 26.1 Å². The van der Waals surface area contributed by atoms with Crippen LogP contribution in [0.1, 0.15) is 52.9 Å². The fraction of sp³-hybridized carbons (Fsp3) is 1.00. The van der Waals surface area contributed by atoms with Gasteiger partial charge in [-0.3, -0.25) is 0 Å². The Kier molecular flexibility index (Phi) is 6.37. The summed E-state index contributed by atoms with van der Waals surface area (Å²) in [6.07, 6.45) is 7.10. The third-order valence-electron chi connectivity index (χ3n) is 3.98. The lowest BCUT2D eigenvalue weighted by Crippen LogP contribution is -2.46. The first kappa shape index (κ1) is 14.0. The summed E-state index contributed by atoms with van der Waals surface area (Å²) >= 11 is 0. The Bertz CT molecular complexity index is 176. The van der Waals surface area contributed by atoms with Crippen LogP contribution in [-0.4, -0.2) is 25.8 Å². The summed E-state index contributed by atoms with van der Waals surface area (Å²) in [6.45, 7) is 7.71. The minimum absolute atomic E-state index is 0.502. The average Bonchev–Trinajstić information content (AvgIpc) is 2.29. The van der Waals surface area contributed by atoms with Crippen molar-refractivity contribution in [1.29, 1.82) is 0 Å². The van der Waals surface area contributed by atoms with Gasteiger partial charge < -0.3 is 10.1 Å². The van der Waals surface area contributed by atoms with Gasteiger partial charge in [-0.1, -0.05) is 33.1 Å². The molecule has 1 fully saturated rings. The molecule has 16 heavy (non-hydrogen) atoms. The van der Waals surface area contributed by atoms with Gasteiger partial charge in [0, 0.05) is 19.2 Å². The van der Waals surface area contributed by atoms with Gasteiger partial charge in [0.1, 0.15) is 0 Å². The summed E-state index contributed by atoms with van der Waals surface area (Å²) in [4.78, 5) is 0. The number of rotatable bonds is 6. The quantitative estimate of drug-likeness (QED) is 0.752. The van der Waals surface area contributed by atoms with Crippen molar-refractivity contribution in [1.82, 2.24) is 5.32 Å². The van der Waals surface area contributed by atoms with Crippen LogP contribution < -0.4 is 5.32 Å². The first-order valence-corrected chi connectivity index (χ1v) is 6.90. The van der Waals surface area contributed by atoms with Gasteiger partial charge >= 0.3 is 0 Å². The van der Waals surface area contributed by atoms with E-state index in [9.17, 15) is 0 Å². The molecule has 0 aromatic rings. The molecule has 0 spiro atoms. The lowest BCUT2D eigenvalue weighted by Gasteiger charge is -2.33. The second kappa shape index (κ2) is 7.29. The van der Waals surface area contributed by atoms with Gasteiger partial charge in [-0.15, -0.1) is 0 Å². The summed E-state index contributed by atoms with van der Waals surface area (Å²) in [5.41, 5.74) is 0. The van der Waals surface area contributed by atoms with Crippen LogP contribution in [0.2, 0.25) is 0 Å². The molecule has 2 heteroatoms. The highest BCUT2D eigenvalue weighted by Crippen LogP contribution is 2.26. The Labute approximate surface area is 101 Å². The Hall–Kier alpha value is -0.0800. The molecule has 1 N–H and O–H groups in total. The van der Waals surface area contributed by atoms with Crippen molar-refractivity contribution < 1.29 is 4.74 Å². The number of hydrogen-bond acceptors (Lipinski definition) is 2. The Morgan fingerprint density at radius 1 is 1.12 bits per heavy atom. The second-order valence-electron chi connectivity index (χ2n) is 5.66. The van der Waals surface area contributed by atoms with Crippen LogP contribution in [0.3, 0.4) is 0 Å². The molecular weight excluding hydrogens is 198 g/mol. The van der Waals surface area contributed by atoms with E-state index in [-0.39, 0.29) is 0 Å². The van der Waals surface area contributed by atoms with Gasteiger partial charge in [0.15, 0.2) is 0 Å². The van der Waals surface area contributed by atoms with E-state index in [1.165, 1.54) is 32.1 Å². The smallest absolute Gasteiger partial charge is 0.0618 e. The van der Waals surface area contributed by atoms with Gasteiger partial charge in [-0.2, -0.15) is 0 Å². The standard InChI is InChI=1S/C14H29NO/c1-11(2)14(10-16-4)15-12(3)13-8-6-5-7-9-13/h11-15H,5-10H2,1-4H3/t12-,14?/m1/s1. The topological polar surface area (TPSA) is 21.3 Å². The summed E-state index contributed by atoms with van der Waals surface area (Å²) < 4.78 is 5.29. The van der Waals surface area contributed by atoms with Gasteiger partial charge in [0.05, 0.1) is 6.61 Å². The van der Waals surface area contributed by atoms with Crippen LogP contribution in [0.4, 0.5) is 0 Å². The first-order valence-electron chi connectivity index (χ1n) is 6.90. The molecule has 0 radical (unpaired) electrons.